The lowest BCUT2D eigenvalue weighted by Gasteiger charge is -2.24. The number of nitrogens with two attached hydrogens (primary N) is 1. The molecular weight excluding hydrogens is 367 g/mol. The summed E-state index contributed by atoms with van der Waals surface area (Å²) in [6, 6.07) is 0. The van der Waals surface area contributed by atoms with Gasteiger partial charge in [-0.2, -0.15) is 4.98 Å². The molecule has 2 aromatic rings. The number of nitrogens with zero attached hydrogens (tertiary/aromatic N) is 3. The van der Waals surface area contributed by atoms with Crippen molar-refractivity contribution in [2.45, 2.75) is 30.8 Å². The van der Waals surface area contributed by atoms with E-state index in [1.807, 2.05) is 0 Å². The Morgan fingerprint density at radius 3 is 2.92 bits per heavy atom. The Morgan fingerprint density at radius 1 is 1.60 bits per heavy atom. The molecule has 5 N–H and O–H groups in total. The van der Waals surface area contributed by atoms with Crippen LogP contribution in [0.2, 0.25) is 0 Å². The Bertz CT molecular complexity index is 903. The number of rotatable bonds is 4. The second kappa shape index (κ2) is 5.81. The quantitative estimate of drug-likeness (QED) is 0.505. The summed E-state index contributed by atoms with van der Waals surface area (Å²) in [4.78, 5) is 30.2. The highest BCUT2D eigenvalue weighted by atomic mass is 31.1. The van der Waals surface area contributed by atoms with Gasteiger partial charge in [0.15, 0.2) is 29.2 Å². The van der Waals surface area contributed by atoms with Crippen LogP contribution in [0.15, 0.2) is 11.1 Å². The molecule has 14 heteroatoms. The molecule has 3 heterocycles. The van der Waals surface area contributed by atoms with E-state index in [1.54, 1.807) is 0 Å². The molecule has 0 spiro atoms. The van der Waals surface area contributed by atoms with Gasteiger partial charge in [0, 0.05) is 0 Å². The molecule has 3 rings (SSSR count). The minimum atomic E-state index is -3.53. The van der Waals surface area contributed by atoms with Crippen LogP contribution in [-0.4, -0.2) is 53.8 Å². The van der Waals surface area contributed by atoms with Crippen LogP contribution in [0, 0.1) is 0 Å². The molecule has 1 fully saturated rings. The van der Waals surface area contributed by atoms with Gasteiger partial charge in [-0.05, 0) is 6.92 Å². The summed E-state index contributed by atoms with van der Waals surface area (Å²) in [5, 5.41) is 9.97. The standard InChI is InChI=1S/C11H14F2N5O6P/c1-10(12)7(20)11(13,2-23-25(21)22)24-8(10)18-3-15-4-5(18)16-9(14)17-6(4)19/h3,7-8,20,25H,2H2,1H3,(H,21,22)(H3,14,16,17,19)/t7-,8+,10+,11+/m0/s1. The van der Waals surface area contributed by atoms with Crippen molar-refractivity contribution in [1.82, 2.24) is 19.5 Å². The predicted molar refractivity (Wildman–Crippen MR) is 79.2 cm³/mol. The van der Waals surface area contributed by atoms with E-state index in [1.165, 1.54) is 0 Å². The number of aromatic nitrogens is 4. The largest absolute Gasteiger partial charge is 0.384 e. The maximum atomic E-state index is 15.0. The molecule has 25 heavy (non-hydrogen) atoms. The molecular formula is C11H14F2N5O6P. The Hall–Kier alpha value is -1.92. The normalized spacial score (nSPS) is 33.8. The van der Waals surface area contributed by atoms with E-state index in [0.29, 0.717) is 0 Å². The summed E-state index contributed by atoms with van der Waals surface area (Å²) in [7, 11) is -3.53. The lowest BCUT2D eigenvalue weighted by Crippen LogP contribution is -2.46. The zero-order valence-electron chi connectivity index (χ0n) is 12.6. The SMILES string of the molecule is C[C@]1(F)[C@H](n2cnc3c(=O)[nH]c(N)nc32)O[C@](F)(CO[PH](=O)O)[C@H]1O. The van der Waals surface area contributed by atoms with Gasteiger partial charge in [0.2, 0.25) is 5.95 Å². The number of ether oxygens (including phenoxy) is 1. The number of imidazole rings is 1. The van der Waals surface area contributed by atoms with E-state index < -0.39 is 44.3 Å². The molecule has 1 saturated heterocycles. The number of H-pyrrole nitrogens is 1. The van der Waals surface area contributed by atoms with E-state index in [2.05, 4.69) is 19.5 Å². The third-order valence-corrected chi connectivity index (χ3v) is 4.22. The minimum Gasteiger partial charge on any atom is -0.384 e. The van der Waals surface area contributed by atoms with Gasteiger partial charge in [-0.25, -0.2) is 13.8 Å². The third kappa shape index (κ3) is 2.83. The van der Waals surface area contributed by atoms with Gasteiger partial charge in [-0.15, -0.1) is 0 Å². The average Bonchev–Trinajstić information content (AvgIpc) is 2.99. The highest BCUT2D eigenvalue weighted by molar-refractivity contribution is 7.32. The minimum absolute atomic E-state index is 0.191. The number of aliphatic hydroxyl groups excluding tert-OH is 1. The summed E-state index contributed by atoms with van der Waals surface area (Å²) < 4.78 is 50.4. The van der Waals surface area contributed by atoms with Crippen LogP contribution in [0.4, 0.5) is 14.7 Å². The van der Waals surface area contributed by atoms with Gasteiger partial charge in [-0.3, -0.25) is 18.9 Å². The number of aliphatic hydroxyl groups is 1. The first-order valence-electron chi connectivity index (χ1n) is 6.88. The Balaban J connectivity index is 2.06. The molecule has 0 aromatic carbocycles. The molecule has 1 aliphatic heterocycles. The fraction of sp³-hybridized carbons (Fsp3) is 0.545. The van der Waals surface area contributed by atoms with Crippen molar-refractivity contribution < 1.29 is 32.6 Å². The molecule has 0 radical (unpaired) electrons. The van der Waals surface area contributed by atoms with E-state index in [9.17, 15) is 23.2 Å². The first kappa shape index (κ1) is 17.9. The Labute approximate surface area is 138 Å². The fourth-order valence-electron chi connectivity index (χ4n) is 2.64. The lowest BCUT2D eigenvalue weighted by atomic mass is 9.97. The number of halogens is 2. The van der Waals surface area contributed by atoms with Crippen molar-refractivity contribution in [3.63, 3.8) is 0 Å². The van der Waals surface area contributed by atoms with E-state index in [4.69, 9.17) is 15.4 Å². The van der Waals surface area contributed by atoms with Crippen LogP contribution in [0.25, 0.3) is 11.2 Å². The number of aromatic amines is 1. The van der Waals surface area contributed by atoms with E-state index >= 15 is 0 Å². The summed E-state index contributed by atoms with van der Waals surface area (Å²) in [6.07, 6.45) is -3.18. The van der Waals surface area contributed by atoms with Crippen molar-refractivity contribution in [2.75, 3.05) is 12.3 Å². The monoisotopic (exact) mass is 381 g/mol. The maximum absolute atomic E-state index is 15.0. The van der Waals surface area contributed by atoms with Crippen LogP contribution in [-0.2, 0) is 13.8 Å². The van der Waals surface area contributed by atoms with Gasteiger partial charge in [0.05, 0.1) is 6.33 Å². The van der Waals surface area contributed by atoms with Crippen molar-refractivity contribution in [2.24, 2.45) is 0 Å². The number of fused-ring (bicyclic) bond motifs is 1. The molecule has 1 unspecified atom stereocenters. The van der Waals surface area contributed by atoms with E-state index in [0.717, 1.165) is 17.8 Å². The molecule has 0 bridgehead atoms. The highest BCUT2D eigenvalue weighted by Gasteiger charge is 2.64. The second-order valence-corrected chi connectivity index (χ2v) is 6.46. The summed E-state index contributed by atoms with van der Waals surface area (Å²) in [5.74, 6) is -3.40. The molecule has 0 saturated carbocycles. The molecule has 0 amide bonds. The van der Waals surface area contributed by atoms with E-state index in [-0.39, 0.29) is 17.1 Å². The Kier molecular flexibility index (Phi) is 4.16. The molecule has 11 nitrogen and oxygen atoms in total. The zero-order chi connectivity index (χ0) is 18.6. The summed E-state index contributed by atoms with van der Waals surface area (Å²) >= 11 is 0. The highest BCUT2D eigenvalue weighted by Crippen LogP contribution is 2.48. The van der Waals surface area contributed by atoms with Crippen molar-refractivity contribution in [3.05, 3.63) is 16.7 Å². The number of nitrogens with one attached hydrogen (secondary N) is 1. The fourth-order valence-corrected chi connectivity index (χ4v) is 2.96. The number of anilines is 1. The molecule has 2 aromatic heterocycles. The smallest absolute Gasteiger partial charge is 0.316 e. The second-order valence-electron chi connectivity index (χ2n) is 5.64. The van der Waals surface area contributed by atoms with Crippen LogP contribution >= 0.6 is 8.25 Å². The van der Waals surface area contributed by atoms with Gasteiger partial charge in [-0.1, -0.05) is 0 Å². The lowest BCUT2D eigenvalue weighted by molar-refractivity contribution is -0.202. The van der Waals surface area contributed by atoms with Gasteiger partial charge in [0.25, 0.3) is 11.4 Å². The van der Waals surface area contributed by atoms with Crippen LogP contribution in [0.1, 0.15) is 13.2 Å². The van der Waals surface area contributed by atoms with Gasteiger partial charge >= 0.3 is 8.25 Å². The third-order valence-electron chi connectivity index (χ3n) is 3.83. The van der Waals surface area contributed by atoms with Gasteiger partial charge < -0.3 is 25.0 Å². The zero-order valence-corrected chi connectivity index (χ0v) is 13.6. The predicted octanol–water partition coefficient (Wildman–Crippen LogP) is -0.616. The van der Waals surface area contributed by atoms with Crippen LogP contribution in [0.3, 0.4) is 0 Å². The summed E-state index contributed by atoms with van der Waals surface area (Å²) in [5.41, 5.74) is 1.63. The first-order chi connectivity index (χ1) is 11.6. The number of nitrogen functional groups attached to an aromatic ring is 1. The molecule has 5 atom stereocenters. The topological polar surface area (TPSA) is 166 Å². The molecule has 0 aliphatic carbocycles. The van der Waals surface area contributed by atoms with Crippen molar-refractivity contribution in [3.8, 4) is 0 Å². The molecule has 138 valence electrons. The number of hydrogen-bond donors (Lipinski definition) is 4. The van der Waals surface area contributed by atoms with Crippen molar-refractivity contribution >= 4 is 25.4 Å². The van der Waals surface area contributed by atoms with Crippen LogP contribution in [0.5, 0.6) is 0 Å². The number of alkyl halides is 2. The van der Waals surface area contributed by atoms with Crippen LogP contribution < -0.4 is 11.3 Å². The first-order valence-corrected chi connectivity index (χ1v) is 8.14. The summed E-state index contributed by atoms with van der Waals surface area (Å²) in [6.45, 7) is -0.324. The van der Waals surface area contributed by atoms with Crippen molar-refractivity contribution in [1.29, 1.82) is 0 Å². The van der Waals surface area contributed by atoms with Gasteiger partial charge in [0.1, 0.15) is 6.61 Å². The maximum Gasteiger partial charge on any atom is 0.316 e. The molecule has 1 aliphatic rings. The average molecular weight is 381 g/mol. The number of hydrogen-bond acceptors (Lipinski definition) is 8. The Morgan fingerprint density at radius 2 is 2.28 bits per heavy atom.